The molecule has 1 aliphatic rings. The molecule has 0 saturated carbocycles. The van der Waals surface area contributed by atoms with Crippen LogP contribution in [0.1, 0.15) is 35.4 Å². The van der Waals surface area contributed by atoms with Crippen LogP contribution in [0.25, 0.3) is 5.76 Å². The van der Waals surface area contributed by atoms with Crippen LogP contribution in [0.15, 0.2) is 70.9 Å². The van der Waals surface area contributed by atoms with Crippen molar-refractivity contribution in [3.63, 3.8) is 0 Å². The van der Waals surface area contributed by atoms with Crippen molar-refractivity contribution in [2.24, 2.45) is 0 Å². The monoisotopic (exact) mass is 417 g/mol. The second kappa shape index (κ2) is 8.14. The fraction of sp³-hybridized carbons (Fsp3) is 0.200. The van der Waals surface area contributed by atoms with Crippen LogP contribution in [0, 0.1) is 13.8 Å². The summed E-state index contributed by atoms with van der Waals surface area (Å²) in [7, 11) is 0. The van der Waals surface area contributed by atoms with Gasteiger partial charge in [0, 0.05) is 11.3 Å². The Morgan fingerprint density at radius 1 is 1.10 bits per heavy atom. The standard InChI is InChI=1S/C25H23NO5/c1-4-30-19-12-9-17(14-16(19)3)23(27)21-22(20-6-5-13-31-20)26(25(29)24(21)28)18-10-7-15(2)8-11-18/h5-14,22,27H,4H2,1-3H3/b23-21-. The average molecular weight is 417 g/mol. The SMILES string of the molecule is CCOc1ccc(/C(O)=C2/C(=O)C(=O)N(c3ccc(C)cc3)C2c2ccco2)cc1C. The predicted octanol–water partition coefficient (Wildman–Crippen LogP) is 4.92. The number of ether oxygens (including phenoxy) is 1. The molecule has 6 heteroatoms. The van der Waals surface area contributed by atoms with Crippen molar-refractivity contribution in [2.45, 2.75) is 26.8 Å². The summed E-state index contributed by atoms with van der Waals surface area (Å²) < 4.78 is 11.1. The van der Waals surface area contributed by atoms with Crippen LogP contribution >= 0.6 is 0 Å². The molecule has 0 aliphatic carbocycles. The Bertz CT molecular complexity index is 1160. The van der Waals surface area contributed by atoms with Gasteiger partial charge in [-0.2, -0.15) is 0 Å². The zero-order valence-electron chi connectivity index (χ0n) is 17.6. The highest BCUT2D eigenvalue weighted by Gasteiger charge is 2.48. The summed E-state index contributed by atoms with van der Waals surface area (Å²) in [5.74, 6) is -0.633. The third-order valence-electron chi connectivity index (χ3n) is 5.32. The minimum atomic E-state index is -0.871. The number of Topliss-reactive ketones (excluding diaryl/α,β-unsaturated/α-hetero) is 1. The molecular weight excluding hydrogens is 394 g/mol. The molecule has 1 N–H and O–H groups in total. The normalized spacial score (nSPS) is 17.9. The smallest absolute Gasteiger partial charge is 0.300 e. The molecule has 31 heavy (non-hydrogen) atoms. The van der Waals surface area contributed by atoms with E-state index in [1.807, 2.05) is 32.9 Å². The maximum absolute atomic E-state index is 13.1. The molecule has 0 radical (unpaired) electrons. The first-order valence-corrected chi connectivity index (χ1v) is 10.1. The number of hydrogen-bond acceptors (Lipinski definition) is 5. The third-order valence-corrected chi connectivity index (χ3v) is 5.32. The number of carbonyl (C=O) groups is 2. The molecule has 1 unspecified atom stereocenters. The van der Waals surface area contributed by atoms with Crippen molar-refractivity contribution in [3.8, 4) is 5.75 Å². The van der Waals surface area contributed by atoms with Gasteiger partial charge in [-0.3, -0.25) is 14.5 Å². The molecule has 158 valence electrons. The van der Waals surface area contributed by atoms with Gasteiger partial charge in [0.1, 0.15) is 23.3 Å². The van der Waals surface area contributed by atoms with Gasteiger partial charge in [0.2, 0.25) is 0 Å². The van der Waals surface area contributed by atoms with Gasteiger partial charge in [-0.25, -0.2) is 0 Å². The van der Waals surface area contributed by atoms with Gasteiger partial charge in [-0.1, -0.05) is 17.7 Å². The van der Waals surface area contributed by atoms with Crippen LogP contribution in [-0.4, -0.2) is 23.4 Å². The zero-order chi connectivity index (χ0) is 22.1. The number of rotatable bonds is 5. The largest absolute Gasteiger partial charge is 0.507 e. The van der Waals surface area contributed by atoms with Gasteiger partial charge >= 0.3 is 0 Å². The van der Waals surface area contributed by atoms with Crippen molar-refractivity contribution >= 4 is 23.1 Å². The van der Waals surface area contributed by atoms with Crippen molar-refractivity contribution in [1.82, 2.24) is 0 Å². The number of furan rings is 1. The summed E-state index contributed by atoms with van der Waals surface area (Å²) in [5, 5.41) is 11.1. The maximum Gasteiger partial charge on any atom is 0.300 e. The van der Waals surface area contributed by atoms with E-state index in [2.05, 4.69) is 0 Å². The summed E-state index contributed by atoms with van der Waals surface area (Å²) >= 11 is 0. The van der Waals surface area contributed by atoms with Crippen molar-refractivity contribution in [1.29, 1.82) is 0 Å². The minimum absolute atomic E-state index is 0.0101. The van der Waals surface area contributed by atoms with Gasteiger partial charge in [0.05, 0.1) is 18.4 Å². The highest BCUT2D eigenvalue weighted by atomic mass is 16.5. The number of aryl methyl sites for hydroxylation is 2. The molecule has 2 aromatic carbocycles. The zero-order valence-corrected chi connectivity index (χ0v) is 17.6. The molecule has 3 aromatic rings. The second-order valence-corrected chi connectivity index (χ2v) is 7.43. The number of anilines is 1. The number of aliphatic hydroxyl groups excluding tert-OH is 1. The van der Waals surface area contributed by atoms with Crippen LogP contribution < -0.4 is 9.64 Å². The second-order valence-electron chi connectivity index (χ2n) is 7.43. The highest BCUT2D eigenvalue weighted by molar-refractivity contribution is 6.51. The number of ketones is 1. The first-order valence-electron chi connectivity index (χ1n) is 10.1. The van der Waals surface area contributed by atoms with Gasteiger partial charge in [-0.05, 0) is 68.8 Å². The molecule has 0 bridgehead atoms. The Labute approximate surface area is 180 Å². The van der Waals surface area contributed by atoms with Gasteiger partial charge in [0.25, 0.3) is 11.7 Å². The molecule has 6 nitrogen and oxygen atoms in total. The van der Waals surface area contributed by atoms with E-state index in [0.29, 0.717) is 29.4 Å². The van der Waals surface area contributed by atoms with E-state index < -0.39 is 17.7 Å². The quantitative estimate of drug-likeness (QED) is 0.362. The van der Waals surface area contributed by atoms with E-state index in [0.717, 1.165) is 11.1 Å². The lowest BCUT2D eigenvalue weighted by Gasteiger charge is -2.23. The Balaban J connectivity index is 1.87. The lowest BCUT2D eigenvalue weighted by molar-refractivity contribution is -0.132. The molecule has 1 saturated heterocycles. The van der Waals surface area contributed by atoms with E-state index in [-0.39, 0.29) is 11.3 Å². The fourth-order valence-corrected chi connectivity index (χ4v) is 3.79. The van der Waals surface area contributed by atoms with E-state index in [9.17, 15) is 14.7 Å². The summed E-state index contributed by atoms with van der Waals surface area (Å²) in [4.78, 5) is 27.4. The lowest BCUT2D eigenvalue weighted by atomic mass is 9.98. The molecule has 0 spiro atoms. The molecular formula is C25H23NO5. The van der Waals surface area contributed by atoms with Gasteiger partial charge in [0.15, 0.2) is 0 Å². The molecule has 1 aromatic heterocycles. The molecule has 1 aliphatic heterocycles. The number of hydrogen-bond donors (Lipinski definition) is 1. The van der Waals surface area contributed by atoms with Gasteiger partial charge < -0.3 is 14.3 Å². The molecule has 1 fully saturated rings. The van der Waals surface area contributed by atoms with Crippen LogP contribution in [0.3, 0.4) is 0 Å². The van der Waals surface area contributed by atoms with Crippen molar-refractivity contribution in [3.05, 3.63) is 88.9 Å². The number of nitrogens with zero attached hydrogens (tertiary/aromatic N) is 1. The Kier molecular flexibility index (Phi) is 5.38. The topological polar surface area (TPSA) is 80.0 Å². The van der Waals surface area contributed by atoms with E-state index in [1.165, 1.54) is 11.2 Å². The Hall–Kier alpha value is -3.80. The predicted molar refractivity (Wildman–Crippen MR) is 117 cm³/mol. The average Bonchev–Trinajstić information content (AvgIpc) is 3.37. The third kappa shape index (κ3) is 3.61. The van der Waals surface area contributed by atoms with Gasteiger partial charge in [-0.15, -0.1) is 0 Å². The van der Waals surface area contributed by atoms with E-state index in [1.54, 1.807) is 42.5 Å². The van der Waals surface area contributed by atoms with Crippen LogP contribution in [0.5, 0.6) is 5.75 Å². The summed E-state index contributed by atoms with van der Waals surface area (Å²) in [6.45, 7) is 6.21. The summed E-state index contributed by atoms with van der Waals surface area (Å²) in [5.41, 5.74) is 2.81. The number of amides is 1. The first kappa shape index (κ1) is 20.5. The number of benzene rings is 2. The number of carbonyl (C=O) groups excluding carboxylic acids is 2. The molecule has 1 atom stereocenters. The van der Waals surface area contributed by atoms with Crippen molar-refractivity contribution in [2.75, 3.05) is 11.5 Å². The number of aliphatic hydroxyl groups is 1. The van der Waals surface area contributed by atoms with Crippen molar-refractivity contribution < 1.29 is 23.8 Å². The van der Waals surface area contributed by atoms with Crippen LogP contribution in [0.2, 0.25) is 0 Å². The first-order chi connectivity index (χ1) is 14.9. The highest BCUT2D eigenvalue weighted by Crippen LogP contribution is 2.42. The van der Waals surface area contributed by atoms with E-state index >= 15 is 0 Å². The summed E-state index contributed by atoms with van der Waals surface area (Å²) in [6.07, 6.45) is 1.48. The maximum atomic E-state index is 13.1. The summed E-state index contributed by atoms with van der Waals surface area (Å²) in [6, 6.07) is 14.9. The molecule has 1 amide bonds. The van der Waals surface area contributed by atoms with Crippen LogP contribution in [0.4, 0.5) is 5.69 Å². The Morgan fingerprint density at radius 3 is 2.45 bits per heavy atom. The van der Waals surface area contributed by atoms with Crippen LogP contribution in [-0.2, 0) is 9.59 Å². The molecule has 2 heterocycles. The molecule has 4 rings (SSSR count). The lowest BCUT2D eigenvalue weighted by Crippen LogP contribution is -2.29. The fourth-order valence-electron chi connectivity index (χ4n) is 3.79. The minimum Gasteiger partial charge on any atom is -0.507 e. The van der Waals surface area contributed by atoms with E-state index in [4.69, 9.17) is 9.15 Å². The Morgan fingerprint density at radius 2 is 1.84 bits per heavy atom.